The Morgan fingerprint density at radius 2 is 0.911 bits per heavy atom. The lowest BCUT2D eigenvalue weighted by molar-refractivity contribution is 0.669. The van der Waals surface area contributed by atoms with Crippen molar-refractivity contribution >= 4 is 65.6 Å². The Morgan fingerprint density at radius 3 is 1.76 bits per heavy atom. The van der Waals surface area contributed by atoms with E-state index in [0.29, 0.717) is 0 Å². The zero-order chi connectivity index (χ0) is 29.5. The predicted molar refractivity (Wildman–Crippen MR) is 188 cm³/mol. The Bertz CT molecular complexity index is 2740. The van der Waals surface area contributed by atoms with E-state index in [1.807, 2.05) is 6.07 Å². The molecule has 3 nitrogen and oxygen atoms in total. The normalized spacial score (nSPS) is 12.0. The molecule has 0 atom stereocenters. The van der Waals surface area contributed by atoms with E-state index < -0.39 is 0 Å². The van der Waals surface area contributed by atoms with Gasteiger partial charge in [-0.1, -0.05) is 97.1 Å². The highest BCUT2D eigenvalue weighted by Gasteiger charge is 2.20. The Hall–Kier alpha value is -6.06. The fourth-order valence-electron chi connectivity index (χ4n) is 7.28. The molecule has 0 aliphatic rings. The number of benzene rings is 7. The Balaban J connectivity index is 1.38. The summed E-state index contributed by atoms with van der Waals surface area (Å²) in [5, 5.41) is 7.14. The topological polar surface area (TPSA) is 23.0 Å². The van der Waals surface area contributed by atoms with Crippen LogP contribution in [0.4, 0.5) is 0 Å². The lowest BCUT2D eigenvalue weighted by Gasteiger charge is -2.11. The molecule has 0 bridgehead atoms. The molecule has 3 heterocycles. The van der Waals surface area contributed by atoms with Crippen LogP contribution in [0, 0.1) is 0 Å². The second-order valence-corrected chi connectivity index (χ2v) is 11.8. The first-order valence-electron chi connectivity index (χ1n) is 15.4. The van der Waals surface area contributed by atoms with Crippen LogP contribution in [0.5, 0.6) is 0 Å². The number of hydrogen-bond acceptors (Lipinski definition) is 1. The molecule has 0 spiro atoms. The van der Waals surface area contributed by atoms with Crippen LogP contribution in [0.3, 0.4) is 0 Å². The molecule has 0 amide bonds. The second-order valence-electron chi connectivity index (χ2n) is 11.8. The Morgan fingerprint density at radius 1 is 0.311 bits per heavy atom. The minimum atomic E-state index is 0.910. The molecule has 7 aromatic carbocycles. The van der Waals surface area contributed by atoms with Gasteiger partial charge < -0.3 is 13.6 Å². The van der Waals surface area contributed by atoms with Gasteiger partial charge in [0.25, 0.3) is 0 Å². The minimum absolute atomic E-state index is 0.910. The first-order valence-corrected chi connectivity index (χ1v) is 15.4. The molecule has 45 heavy (non-hydrogen) atoms. The van der Waals surface area contributed by atoms with Crippen LogP contribution < -0.4 is 0 Å². The van der Waals surface area contributed by atoms with Crippen LogP contribution in [-0.2, 0) is 0 Å². The molecule has 0 fully saturated rings. The largest absolute Gasteiger partial charge is 0.456 e. The van der Waals surface area contributed by atoms with E-state index in [0.717, 1.165) is 38.8 Å². The van der Waals surface area contributed by atoms with Crippen molar-refractivity contribution in [2.24, 2.45) is 0 Å². The van der Waals surface area contributed by atoms with E-state index in [9.17, 15) is 0 Å². The van der Waals surface area contributed by atoms with Crippen molar-refractivity contribution in [2.45, 2.75) is 0 Å². The number of fused-ring (bicyclic) bond motifs is 9. The summed E-state index contributed by atoms with van der Waals surface area (Å²) in [6.07, 6.45) is 0. The zero-order valence-electron chi connectivity index (χ0n) is 24.3. The summed E-state index contributed by atoms with van der Waals surface area (Å²) in [5.74, 6) is 0. The number of rotatable bonds is 3. The molecule has 0 aliphatic heterocycles. The second kappa shape index (κ2) is 9.22. The maximum Gasteiger partial charge on any atom is 0.136 e. The van der Waals surface area contributed by atoms with Gasteiger partial charge in [-0.25, -0.2) is 0 Å². The van der Waals surface area contributed by atoms with Gasteiger partial charge in [-0.3, -0.25) is 0 Å². The van der Waals surface area contributed by atoms with Crippen LogP contribution in [0.1, 0.15) is 0 Å². The smallest absolute Gasteiger partial charge is 0.136 e. The van der Waals surface area contributed by atoms with E-state index >= 15 is 0 Å². The van der Waals surface area contributed by atoms with Crippen LogP contribution in [0.2, 0.25) is 0 Å². The molecule has 3 aromatic heterocycles. The van der Waals surface area contributed by atoms with Crippen molar-refractivity contribution in [3.63, 3.8) is 0 Å². The van der Waals surface area contributed by atoms with Gasteiger partial charge >= 0.3 is 0 Å². The SMILES string of the molecule is c1ccc(-c2cccc(-n3c4cc5c(cc4c4cc6c7ccccc7n(-c7ccccc7)c6cc43)oc3ccccc35)c2)cc1. The molecular formula is C42H26N2O. The van der Waals surface area contributed by atoms with Crippen molar-refractivity contribution in [3.8, 4) is 22.5 Å². The molecule has 0 saturated carbocycles. The first-order chi connectivity index (χ1) is 22.3. The summed E-state index contributed by atoms with van der Waals surface area (Å²) in [4.78, 5) is 0. The van der Waals surface area contributed by atoms with Crippen LogP contribution >= 0.6 is 0 Å². The van der Waals surface area contributed by atoms with Crippen molar-refractivity contribution in [1.29, 1.82) is 0 Å². The van der Waals surface area contributed by atoms with Crippen LogP contribution in [-0.4, -0.2) is 9.13 Å². The summed E-state index contributed by atoms with van der Waals surface area (Å²) in [6.45, 7) is 0. The van der Waals surface area contributed by atoms with Crippen molar-refractivity contribution in [3.05, 3.63) is 158 Å². The van der Waals surface area contributed by atoms with E-state index in [1.165, 1.54) is 49.2 Å². The molecule has 10 rings (SSSR count). The maximum atomic E-state index is 6.41. The summed E-state index contributed by atoms with van der Waals surface area (Å²) in [5.41, 5.74) is 11.2. The maximum absolute atomic E-state index is 6.41. The summed E-state index contributed by atoms with van der Waals surface area (Å²) < 4.78 is 11.2. The Labute approximate surface area is 258 Å². The average Bonchev–Trinajstić information content (AvgIpc) is 3.74. The monoisotopic (exact) mass is 574 g/mol. The standard InChI is InChI=1S/C42H26N2O/c1-3-12-27(13-4-1)28-14-11-17-30(22-28)44-38-24-36-32-19-8-10-21-41(32)45-42(36)25-35(38)34-23-33-31-18-7-9-20-37(31)43(39(33)26-40(34)44)29-15-5-2-6-16-29/h1-26H. The molecular weight excluding hydrogens is 548 g/mol. The van der Waals surface area contributed by atoms with Crippen LogP contribution in [0.15, 0.2) is 162 Å². The molecule has 0 unspecified atom stereocenters. The van der Waals surface area contributed by atoms with Gasteiger partial charge in [-0.2, -0.15) is 0 Å². The van der Waals surface area contributed by atoms with E-state index in [1.54, 1.807) is 0 Å². The quantitative estimate of drug-likeness (QED) is 0.206. The molecule has 0 radical (unpaired) electrons. The third-order valence-corrected chi connectivity index (χ3v) is 9.28. The molecule has 0 saturated heterocycles. The van der Waals surface area contributed by atoms with E-state index in [4.69, 9.17) is 4.42 Å². The van der Waals surface area contributed by atoms with Gasteiger partial charge in [0, 0.05) is 43.7 Å². The Kier molecular flexibility index (Phi) is 5.00. The van der Waals surface area contributed by atoms with Gasteiger partial charge in [0.15, 0.2) is 0 Å². The lowest BCUT2D eigenvalue weighted by atomic mass is 10.1. The van der Waals surface area contributed by atoms with E-state index in [-0.39, 0.29) is 0 Å². The zero-order valence-corrected chi connectivity index (χ0v) is 24.3. The summed E-state index contributed by atoms with van der Waals surface area (Å²) in [6, 6.07) is 56.6. The fraction of sp³-hybridized carbons (Fsp3) is 0. The first kappa shape index (κ1) is 24.4. The van der Waals surface area contributed by atoms with Gasteiger partial charge in [0.1, 0.15) is 11.2 Å². The lowest BCUT2D eigenvalue weighted by Crippen LogP contribution is -1.96. The molecule has 0 aliphatic carbocycles. The van der Waals surface area contributed by atoms with Crippen molar-refractivity contribution < 1.29 is 4.42 Å². The number of aromatic nitrogens is 2. The van der Waals surface area contributed by atoms with Gasteiger partial charge in [0.05, 0.1) is 22.1 Å². The third-order valence-electron chi connectivity index (χ3n) is 9.28. The van der Waals surface area contributed by atoms with Crippen molar-refractivity contribution in [1.82, 2.24) is 9.13 Å². The average molecular weight is 575 g/mol. The van der Waals surface area contributed by atoms with Crippen molar-refractivity contribution in [2.75, 3.05) is 0 Å². The number of nitrogens with zero attached hydrogens (tertiary/aromatic N) is 2. The predicted octanol–water partition coefficient (Wildman–Crippen LogP) is 11.4. The van der Waals surface area contributed by atoms with E-state index in [2.05, 4.69) is 161 Å². The van der Waals surface area contributed by atoms with Gasteiger partial charge in [-0.15, -0.1) is 0 Å². The highest BCUT2D eigenvalue weighted by Crippen LogP contribution is 2.42. The number of furan rings is 1. The van der Waals surface area contributed by atoms with Gasteiger partial charge in [0.2, 0.25) is 0 Å². The van der Waals surface area contributed by atoms with Gasteiger partial charge in [-0.05, 0) is 71.8 Å². The highest BCUT2D eigenvalue weighted by molar-refractivity contribution is 6.22. The highest BCUT2D eigenvalue weighted by atomic mass is 16.3. The van der Waals surface area contributed by atoms with Crippen LogP contribution in [0.25, 0.3) is 88.1 Å². The molecule has 3 heteroatoms. The minimum Gasteiger partial charge on any atom is -0.456 e. The number of hydrogen-bond donors (Lipinski definition) is 0. The third kappa shape index (κ3) is 3.52. The summed E-state index contributed by atoms with van der Waals surface area (Å²) in [7, 11) is 0. The molecule has 0 N–H and O–H groups in total. The molecule has 210 valence electrons. The fourth-order valence-corrected chi connectivity index (χ4v) is 7.28. The number of para-hydroxylation sites is 3. The summed E-state index contributed by atoms with van der Waals surface area (Å²) >= 11 is 0. The molecule has 10 aromatic rings.